The van der Waals surface area contributed by atoms with Gasteiger partial charge in [0.05, 0.1) is 5.39 Å². The minimum Gasteiger partial charge on any atom is -0.426 e. The summed E-state index contributed by atoms with van der Waals surface area (Å²) in [5.41, 5.74) is 5.65. The molecule has 2 heterocycles. The van der Waals surface area contributed by atoms with Crippen LogP contribution in [0.3, 0.4) is 0 Å². The second kappa shape index (κ2) is 6.20. The van der Waals surface area contributed by atoms with E-state index in [0.29, 0.717) is 17.5 Å². The molecule has 0 spiro atoms. The zero-order chi connectivity index (χ0) is 20.2. The van der Waals surface area contributed by atoms with E-state index in [9.17, 15) is 14.4 Å². The molecule has 1 aliphatic rings. The number of aryl methyl sites for hydroxylation is 3. The van der Waals surface area contributed by atoms with E-state index in [4.69, 9.17) is 22.1 Å². The van der Waals surface area contributed by atoms with Gasteiger partial charge in [0.25, 0.3) is 11.5 Å². The van der Waals surface area contributed by atoms with E-state index in [2.05, 4.69) is 4.98 Å². The lowest BCUT2D eigenvalue weighted by Crippen LogP contribution is -2.46. The van der Waals surface area contributed by atoms with Crippen LogP contribution in [0, 0.1) is 6.92 Å². The SMILES string of the molecule is Cc1cc(Cl)nc2c1c(=O)n(C(=O)OC1(C(N)=O)CCc3ccccc31)n2C. The Morgan fingerprint density at radius 2 is 2.04 bits per heavy atom. The molecule has 0 saturated heterocycles. The summed E-state index contributed by atoms with van der Waals surface area (Å²) in [6.45, 7) is 1.70. The van der Waals surface area contributed by atoms with E-state index in [-0.39, 0.29) is 22.6 Å². The highest BCUT2D eigenvalue weighted by molar-refractivity contribution is 6.29. The fraction of sp³-hybridized carbons (Fsp3) is 0.263. The number of nitrogens with zero attached hydrogens (tertiary/aromatic N) is 3. The lowest BCUT2D eigenvalue weighted by atomic mass is 9.95. The van der Waals surface area contributed by atoms with E-state index >= 15 is 0 Å². The first-order valence-corrected chi connectivity index (χ1v) is 9.00. The first kappa shape index (κ1) is 18.2. The van der Waals surface area contributed by atoms with E-state index in [1.54, 1.807) is 25.1 Å². The van der Waals surface area contributed by atoms with Crippen molar-refractivity contribution in [2.45, 2.75) is 25.4 Å². The van der Waals surface area contributed by atoms with Gasteiger partial charge in [0.2, 0.25) is 5.60 Å². The summed E-state index contributed by atoms with van der Waals surface area (Å²) < 4.78 is 7.66. The van der Waals surface area contributed by atoms with Gasteiger partial charge in [-0.25, -0.2) is 9.78 Å². The Balaban J connectivity index is 1.84. The number of pyridine rings is 1. The second-order valence-corrected chi connectivity index (χ2v) is 7.20. The average molecular weight is 401 g/mol. The minimum atomic E-state index is -1.62. The number of nitrogens with two attached hydrogens (primary N) is 1. The summed E-state index contributed by atoms with van der Waals surface area (Å²) in [7, 11) is 1.49. The van der Waals surface area contributed by atoms with Crippen LogP contribution in [-0.4, -0.2) is 26.3 Å². The Morgan fingerprint density at radius 3 is 2.75 bits per heavy atom. The van der Waals surface area contributed by atoms with Gasteiger partial charge < -0.3 is 10.5 Å². The molecule has 144 valence electrons. The molecule has 0 bridgehead atoms. The van der Waals surface area contributed by atoms with Crippen LogP contribution in [0.15, 0.2) is 35.1 Å². The predicted molar refractivity (Wildman–Crippen MR) is 102 cm³/mol. The van der Waals surface area contributed by atoms with E-state index in [1.165, 1.54) is 11.7 Å². The molecule has 0 aliphatic heterocycles. The van der Waals surface area contributed by atoms with Crippen LogP contribution in [0.1, 0.15) is 23.1 Å². The zero-order valence-electron chi connectivity index (χ0n) is 15.2. The minimum absolute atomic E-state index is 0.199. The Labute approximate surface area is 164 Å². The van der Waals surface area contributed by atoms with Crippen molar-refractivity contribution in [3.8, 4) is 0 Å². The van der Waals surface area contributed by atoms with Crippen LogP contribution in [-0.2, 0) is 28.6 Å². The van der Waals surface area contributed by atoms with Crippen molar-refractivity contribution in [1.29, 1.82) is 0 Å². The normalized spacial score (nSPS) is 18.2. The Kier molecular flexibility index (Phi) is 4.04. The van der Waals surface area contributed by atoms with Gasteiger partial charge >= 0.3 is 6.09 Å². The van der Waals surface area contributed by atoms with E-state index in [1.807, 2.05) is 12.1 Å². The topological polar surface area (TPSA) is 109 Å². The standard InChI is InChI=1S/C19H17ClN4O4/c1-10-9-13(20)22-15-14(10)16(25)24(23(15)2)18(27)28-19(17(21)26)8-7-11-5-3-4-6-12(11)19/h3-6,9H,7-8H2,1-2H3,(H2,21,26). The van der Waals surface area contributed by atoms with Gasteiger partial charge in [0.15, 0.2) is 5.65 Å². The number of aromatic nitrogens is 3. The highest BCUT2D eigenvalue weighted by atomic mass is 35.5. The third kappa shape index (κ3) is 2.45. The molecule has 3 aromatic rings. The third-order valence-corrected chi connectivity index (χ3v) is 5.40. The van der Waals surface area contributed by atoms with Crippen LogP contribution in [0.4, 0.5) is 4.79 Å². The molecular weight excluding hydrogens is 384 g/mol. The quantitative estimate of drug-likeness (QED) is 0.662. The number of benzene rings is 1. The molecule has 1 amide bonds. The molecule has 0 fully saturated rings. The molecule has 1 atom stereocenters. The second-order valence-electron chi connectivity index (χ2n) is 6.82. The zero-order valence-corrected chi connectivity index (χ0v) is 16.0. The molecule has 8 nitrogen and oxygen atoms in total. The van der Waals surface area contributed by atoms with Gasteiger partial charge in [0, 0.05) is 19.0 Å². The number of rotatable bonds is 2. The molecule has 9 heteroatoms. The number of halogens is 1. The largest absolute Gasteiger partial charge is 0.437 e. The highest BCUT2D eigenvalue weighted by Crippen LogP contribution is 2.40. The molecule has 0 radical (unpaired) electrons. The van der Waals surface area contributed by atoms with Gasteiger partial charge in [-0.2, -0.15) is 0 Å². The van der Waals surface area contributed by atoms with Gasteiger partial charge in [-0.1, -0.05) is 35.9 Å². The summed E-state index contributed by atoms with van der Waals surface area (Å²) in [6, 6.07) is 8.68. The Morgan fingerprint density at radius 1 is 1.32 bits per heavy atom. The molecule has 0 saturated carbocycles. The van der Waals surface area contributed by atoms with Crippen LogP contribution in [0.2, 0.25) is 5.15 Å². The van der Waals surface area contributed by atoms with Gasteiger partial charge in [0.1, 0.15) is 5.15 Å². The number of ether oxygens (including phenoxy) is 1. The fourth-order valence-corrected chi connectivity index (χ4v) is 4.08. The fourth-order valence-electron chi connectivity index (χ4n) is 3.84. The van der Waals surface area contributed by atoms with E-state index in [0.717, 1.165) is 10.2 Å². The number of carbonyl (C=O) groups is 2. The Bertz CT molecular complexity index is 1210. The van der Waals surface area contributed by atoms with Crippen molar-refractivity contribution in [3.05, 3.63) is 62.5 Å². The molecule has 1 aliphatic carbocycles. The molecule has 1 aromatic carbocycles. The number of carbonyl (C=O) groups excluding carboxylic acids is 2. The van der Waals surface area contributed by atoms with Crippen molar-refractivity contribution in [2.24, 2.45) is 12.8 Å². The summed E-state index contributed by atoms with van der Waals surface area (Å²) in [5, 5.41) is 0.452. The van der Waals surface area contributed by atoms with Crippen LogP contribution in [0.5, 0.6) is 0 Å². The van der Waals surface area contributed by atoms with Gasteiger partial charge in [-0.15, -0.1) is 4.68 Å². The number of hydrogen-bond donors (Lipinski definition) is 1. The maximum absolute atomic E-state index is 13.0. The summed E-state index contributed by atoms with van der Waals surface area (Å²) >= 11 is 5.98. The molecule has 28 heavy (non-hydrogen) atoms. The van der Waals surface area contributed by atoms with Crippen molar-refractivity contribution >= 4 is 34.6 Å². The Hall–Kier alpha value is -3.13. The molecule has 2 aromatic heterocycles. The van der Waals surface area contributed by atoms with Crippen molar-refractivity contribution in [2.75, 3.05) is 0 Å². The molecule has 4 rings (SSSR count). The van der Waals surface area contributed by atoms with Gasteiger partial charge in [-0.3, -0.25) is 14.3 Å². The van der Waals surface area contributed by atoms with Crippen molar-refractivity contribution in [1.82, 2.24) is 14.3 Å². The molecular formula is C19H17ClN4O4. The lowest BCUT2D eigenvalue weighted by molar-refractivity contribution is -0.137. The first-order chi connectivity index (χ1) is 13.3. The van der Waals surface area contributed by atoms with Gasteiger partial charge in [-0.05, 0) is 30.5 Å². The molecule has 2 N–H and O–H groups in total. The summed E-state index contributed by atoms with van der Waals surface area (Å²) in [6.07, 6.45) is -0.251. The summed E-state index contributed by atoms with van der Waals surface area (Å²) in [4.78, 5) is 42.3. The smallest absolute Gasteiger partial charge is 0.426 e. The number of primary amides is 1. The number of hydrogen-bond acceptors (Lipinski definition) is 5. The van der Waals surface area contributed by atoms with Crippen molar-refractivity contribution < 1.29 is 14.3 Å². The van der Waals surface area contributed by atoms with E-state index < -0.39 is 23.2 Å². The number of amides is 1. The molecule has 1 unspecified atom stereocenters. The van der Waals surface area contributed by atoms with Crippen molar-refractivity contribution in [3.63, 3.8) is 0 Å². The van der Waals surface area contributed by atoms with Crippen LogP contribution < -0.4 is 11.3 Å². The maximum Gasteiger partial charge on any atom is 0.437 e. The third-order valence-electron chi connectivity index (χ3n) is 5.21. The van der Waals surface area contributed by atoms with Crippen LogP contribution >= 0.6 is 11.6 Å². The average Bonchev–Trinajstić information content (AvgIpc) is 3.12. The number of fused-ring (bicyclic) bond motifs is 2. The predicted octanol–water partition coefficient (Wildman–Crippen LogP) is 2.01. The summed E-state index contributed by atoms with van der Waals surface area (Å²) in [5.74, 6) is -0.782. The van der Waals surface area contributed by atoms with Crippen LogP contribution in [0.25, 0.3) is 11.0 Å². The maximum atomic E-state index is 13.0. The lowest BCUT2D eigenvalue weighted by Gasteiger charge is -2.26. The monoisotopic (exact) mass is 400 g/mol. The first-order valence-electron chi connectivity index (χ1n) is 8.63. The highest BCUT2D eigenvalue weighted by Gasteiger charge is 2.48.